The van der Waals surface area contributed by atoms with Crippen LogP contribution in [0.25, 0.3) is 0 Å². The number of anilines is 2. The standard InChI is InChI=1S/C27H45N3O/c1-5-6-14-28-16-18-29(19-17-28)26-8-7-23(30-15-11-24(21-30)31-4)20-25(26)22-9-12-27(2,3)13-10-22/h7-8,20,22,24H,5-6,9-19,21H2,1-4H3. The van der Waals surface area contributed by atoms with Crippen LogP contribution in [0.15, 0.2) is 18.2 Å². The van der Waals surface area contributed by atoms with Crippen molar-refractivity contribution in [2.24, 2.45) is 5.41 Å². The first-order chi connectivity index (χ1) is 15.0. The minimum atomic E-state index is 0.384. The van der Waals surface area contributed by atoms with Crippen LogP contribution in [0, 0.1) is 5.41 Å². The van der Waals surface area contributed by atoms with Crippen molar-refractivity contribution in [1.82, 2.24) is 4.90 Å². The molecule has 3 aliphatic rings. The quantitative estimate of drug-likeness (QED) is 0.570. The Morgan fingerprint density at radius 3 is 2.35 bits per heavy atom. The molecule has 31 heavy (non-hydrogen) atoms. The minimum absolute atomic E-state index is 0.384. The predicted octanol–water partition coefficient (Wildman–Crippen LogP) is 5.52. The van der Waals surface area contributed by atoms with E-state index in [1.54, 1.807) is 5.56 Å². The Kier molecular flexibility index (Phi) is 7.48. The Hall–Kier alpha value is -1.26. The van der Waals surface area contributed by atoms with Crippen molar-refractivity contribution < 1.29 is 4.74 Å². The van der Waals surface area contributed by atoms with Crippen LogP contribution >= 0.6 is 0 Å². The normalized spacial score (nSPS) is 25.4. The number of unbranched alkanes of at least 4 members (excludes halogenated alkanes) is 1. The fourth-order valence-electron chi connectivity index (χ4n) is 5.81. The van der Waals surface area contributed by atoms with Crippen LogP contribution in [0.1, 0.15) is 77.2 Å². The third-order valence-corrected chi connectivity index (χ3v) is 8.17. The van der Waals surface area contributed by atoms with Gasteiger partial charge in [0.15, 0.2) is 0 Å². The van der Waals surface area contributed by atoms with E-state index in [0.717, 1.165) is 19.5 Å². The maximum Gasteiger partial charge on any atom is 0.0762 e. The molecule has 2 aliphatic heterocycles. The molecule has 0 radical (unpaired) electrons. The van der Waals surface area contributed by atoms with Crippen molar-refractivity contribution in [3.63, 3.8) is 0 Å². The van der Waals surface area contributed by atoms with Crippen molar-refractivity contribution in [3.8, 4) is 0 Å². The van der Waals surface area contributed by atoms with E-state index >= 15 is 0 Å². The Labute approximate surface area is 190 Å². The van der Waals surface area contributed by atoms with Gasteiger partial charge in [0, 0.05) is 57.8 Å². The number of methoxy groups -OCH3 is 1. The van der Waals surface area contributed by atoms with E-state index in [1.807, 2.05) is 7.11 Å². The number of benzene rings is 1. The Bertz CT molecular complexity index is 700. The summed E-state index contributed by atoms with van der Waals surface area (Å²) in [5.74, 6) is 0.710. The van der Waals surface area contributed by atoms with E-state index in [4.69, 9.17) is 4.74 Å². The van der Waals surface area contributed by atoms with E-state index in [0.29, 0.717) is 17.4 Å². The van der Waals surface area contributed by atoms with Gasteiger partial charge in [-0.3, -0.25) is 4.90 Å². The summed E-state index contributed by atoms with van der Waals surface area (Å²) < 4.78 is 5.63. The molecule has 4 nitrogen and oxygen atoms in total. The van der Waals surface area contributed by atoms with Gasteiger partial charge in [-0.25, -0.2) is 0 Å². The summed E-state index contributed by atoms with van der Waals surface area (Å²) in [5, 5.41) is 0. The molecule has 1 aromatic carbocycles. The molecule has 1 atom stereocenters. The Balaban J connectivity index is 1.53. The number of rotatable bonds is 7. The molecule has 3 fully saturated rings. The highest BCUT2D eigenvalue weighted by Crippen LogP contribution is 2.46. The third-order valence-electron chi connectivity index (χ3n) is 8.17. The second-order valence-electron chi connectivity index (χ2n) is 11.0. The van der Waals surface area contributed by atoms with Crippen LogP contribution in [-0.2, 0) is 4.74 Å². The summed E-state index contributed by atoms with van der Waals surface area (Å²) in [5.41, 5.74) is 5.06. The molecule has 0 spiro atoms. The van der Waals surface area contributed by atoms with E-state index < -0.39 is 0 Å². The van der Waals surface area contributed by atoms with E-state index in [2.05, 4.69) is 53.7 Å². The van der Waals surface area contributed by atoms with Crippen LogP contribution in [0.2, 0.25) is 0 Å². The molecular formula is C27H45N3O. The summed E-state index contributed by atoms with van der Waals surface area (Å²) in [4.78, 5) is 7.88. The van der Waals surface area contributed by atoms with Gasteiger partial charge in [0.1, 0.15) is 0 Å². The summed E-state index contributed by atoms with van der Waals surface area (Å²) in [6, 6.07) is 7.39. The summed E-state index contributed by atoms with van der Waals surface area (Å²) in [7, 11) is 1.85. The first kappa shape index (κ1) is 22.9. The van der Waals surface area contributed by atoms with E-state index in [9.17, 15) is 0 Å². The van der Waals surface area contributed by atoms with E-state index in [-0.39, 0.29) is 0 Å². The van der Waals surface area contributed by atoms with Gasteiger partial charge in [-0.1, -0.05) is 27.2 Å². The Morgan fingerprint density at radius 1 is 0.968 bits per heavy atom. The van der Waals surface area contributed by atoms with Gasteiger partial charge in [-0.2, -0.15) is 0 Å². The molecule has 1 saturated carbocycles. The molecule has 0 aromatic heterocycles. The lowest BCUT2D eigenvalue weighted by Gasteiger charge is -2.40. The monoisotopic (exact) mass is 427 g/mol. The van der Waals surface area contributed by atoms with Gasteiger partial charge in [0.05, 0.1) is 6.10 Å². The second kappa shape index (κ2) is 10.1. The maximum absolute atomic E-state index is 5.63. The topological polar surface area (TPSA) is 19.0 Å². The van der Waals surface area contributed by atoms with Crippen LogP contribution in [0.4, 0.5) is 11.4 Å². The SMILES string of the molecule is CCCCN1CCN(c2ccc(N3CCC(OC)C3)cc2C2CCC(C)(C)CC2)CC1. The van der Waals surface area contributed by atoms with Gasteiger partial charge < -0.3 is 14.5 Å². The zero-order chi connectivity index (χ0) is 21.8. The Morgan fingerprint density at radius 2 is 1.71 bits per heavy atom. The fourth-order valence-corrected chi connectivity index (χ4v) is 5.81. The number of hydrogen-bond acceptors (Lipinski definition) is 4. The molecule has 1 aromatic rings. The number of hydrogen-bond donors (Lipinski definition) is 0. The third kappa shape index (κ3) is 5.57. The lowest BCUT2D eigenvalue weighted by molar-refractivity contribution is 0.121. The van der Waals surface area contributed by atoms with Crippen molar-refractivity contribution >= 4 is 11.4 Å². The zero-order valence-corrected chi connectivity index (χ0v) is 20.5. The van der Waals surface area contributed by atoms with Crippen LogP contribution in [0.3, 0.4) is 0 Å². The molecule has 1 aliphatic carbocycles. The summed E-state index contributed by atoms with van der Waals surface area (Å²) in [6.07, 6.45) is 9.52. The molecule has 0 amide bonds. The highest BCUT2D eigenvalue weighted by molar-refractivity contribution is 5.64. The summed E-state index contributed by atoms with van der Waals surface area (Å²) in [6.45, 7) is 15.4. The summed E-state index contributed by atoms with van der Waals surface area (Å²) >= 11 is 0. The highest BCUT2D eigenvalue weighted by atomic mass is 16.5. The molecule has 0 N–H and O–H groups in total. The van der Waals surface area contributed by atoms with Crippen LogP contribution in [0.5, 0.6) is 0 Å². The lowest BCUT2D eigenvalue weighted by atomic mass is 9.71. The average molecular weight is 428 g/mol. The minimum Gasteiger partial charge on any atom is -0.380 e. The van der Waals surface area contributed by atoms with Crippen molar-refractivity contribution in [2.45, 2.75) is 77.7 Å². The van der Waals surface area contributed by atoms with Gasteiger partial charge in [-0.15, -0.1) is 0 Å². The maximum atomic E-state index is 5.63. The molecular weight excluding hydrogens is 382 g/mol. The molecule has 2 saturated heterocycles. The molecule has 174 valence electrons. The first-order valence-corrected chi connectivity index (χ1v) is 12.9. The molecule has 0 bridgehead atoms. The average Bonchev–Trinajstić information content (AvgIpc) is 3.27. The van der Waals surface area contributed by atoms with Gasteiger partial charge in [-0.05, 0) is 80.2 Å². The molecule has 1 unspecified atom stereocenters. The van der Waals surface area contributed by atoms with Gasteiger partial charge in [0.25, 0.3) is 0 Å². The smallest absolute Gasteiger partial charge is 0.0762 e. The van der Waals surface area contributed by atoms with E-state index in [1.165, 1.54) is 82.6 Å². The molecule has 4 heteroatoms. The lowest BCUT2D eigenvalue weighted by Crippen LogP contribution is -2.47. The van der Waals surface area contributed by atoms with Crippen molar-refractivity contribution in [2.75, 3.05) is 62.7 Å². The number of piperazine rings is 1. The predicted molar refractivity (Wildman–Crippen MR) is 133 cm³/mol. The van der Waals surface area contributed by atoms with Crippen LogP contribution < -0.4 is 9.80 Å². The fraction of sp³-hybridized carbons (Fsp3) is 0.778. The van der Waals surface area contributed by atoms with Crippen molar-refractivity contribution in [3.05, 3.63) is 23.8 Å². The van der Waals surface area contributed by atoms with Gasteiger partial charge in [0.2, 0.25) is 0 Å². The number of nitrogens with zero attached hydrogens (tertiary/aromatic N) is 3. The van der Waals surface area contributed by atoms with Crippen LogP contribution in [-0.4, -0.2) is 63.9 Å². The molecule has 4 rings (SSSR count). The second-order valence-corrected chi connectivity index (χ2v) is 11.0. The largest absolute Gasteiger partial charge is 0.380 e. The zero-order valence-electron chi connectivity index (χ0n) is 20.5. The highest BCUT2D eigenvalue weighted by Gasteiger charge is 2.31. The van der Waals surface area contributed by atoms with Crippen molar-refractivity contribution in [1.29, 1.82) is 0 Å². The first-order valence-electron chi connectivity index (χ1n) is 12.9. The van der Waals surface area contributed by atoms with Gasteiger partial charge >= 0.3 is 0 Å². The number of ether oxygens (including phenoxy) is 1. The molecule has 2 heterocycles.